The number of rotatable bonds is 33. The summed E-state index contributed by atoms with van der Waals surface area (Å²) in [5.74, 6) is -6.21. The smallest absolute Gasteiger partial charge is 0.337 e. The van der Waals surface area contributed by atoms with Gasteiger partial charge < -0.3 is 60.2 Å². The number of hydrogen-bond acceptors (Lipinski definition) is 18. The van der Waals surface area contributed by atoms with Crippen LogP contribution in [0.2, 0.25) is 54.4 Å². The number of Topliss-reactive ketones (excluding diaryl/α,β-unsaturated/α-hetero) is 1. The molecule has 3 aliphatic rings. The first kappa shape index (κ1) is 82.4. The highest BCUT2D eigenvalue weighted by molar-refractivity contribution is 7.54. The van der Waals surface area contributed by atoms with Gasteiger partial charge in [-0.3, -0.25) is 23.7 Å². The molecule has 3 saturated heterocycles. The van der Waals surface area contributed by atoms with E-state index in [0.29, 0.717) is 25.7 Å². The van der Waals surface area contributed by atoms with Crippen molar-refractivity contribution >= 4 is 56.6 Å². The first-order valence-electron chi connectivity index (χ1n) is 32.7. The molecule has 3 fully saturated rings. The molecule has 0 N–H and O–H groups in total. The molecular weight excluding hydrogens is 1230 g/mol. The molecule has 522 valence electrons. The Balaban J connectivity index is 1.94. The first-order chi connectivity index (χ1) is 41.7. The van der Waals surface area contributed by atoms with E-state index in [0.717, 1.165) is 6.29 Å². The highest BCUT2D eigenvalue weighted by Gasteiger charge is 2.57. The Kier molecular flexibility index (Phi) is 31.1. The SMILES string of the molecule is COC(=O)[C@H]1[C@H](CC(=O)CP(=O)(OC)OC)O[C@@](C[C@@H]2C[C@H]([C@@H](CC[C@@H]3C[C@H](CC(=O)O[C@@H](C)[C@H](C)[C@H](O[Si](C)(C)C(C)(C)C)[C@@H](C)/C=C/C=C/C=C/C=C/C=C/C=C/C=O)OC(C)(C)O3)O[Si](C)(C)C(C)(C)C)OC(C)(C)O2)(OC)C[C@@H]1O[Si](C)(C)C(C)(C)C. The summed E-state index contributed by atoms with van der Waals surface area (Å²) >= 11 is 0. The number of allylic oxidation sites excluding steroid dienone is 11. The van der Waals surface area contributed by atoms with Gasteiger partial charge in [0.25, 0.3) is 0 Å². The van der Waals surface area contributed by atoms with E-state index in [1.807, 2.05) is 83.2 Å². The zero-order chi connectivity index (χ0) is 69.4. The summed E-state index contributed by atoms with van der Waals surface area (Å²) in [5.41, 5.74) is 0. The molecule has 0 aromatic heterocycles. The van der Waals surface area contributed by atoms with E-state index < -0.39 is 116 Å². The van der Waals surface area contributed by atoms with E-state index in [2.05, 4.69) is 122 Å². The third-order valence-corrected chi connectivity index (χ3v) is 34.6. The van der Waals surface area contributed by atoms with Crippen molar-refractivity contribution in [3.8, 4) is 0 Å². The predicted octanol–water partition coefficient (Wildman–Crippen LogP) is 15.6. The van der Waals surface area contributed by atoms with Crippen molar-refractivity contribution in [2.24, 2.45) is 17.8 Å². The molecule has 0 unspecified atom stereocenters. The van der Waals surface area contributed by atoms with Gasteiger partial charge >= 0.3 is 19.5 Å². The van der Waals surface area contributed by atoms with Crippen LogP contribution in [0.15, 0.2) is 72.9 Å². The highest BCUT2D eigenvalue weighted by Crippen LogP contribution is 2.50. The number of methoxy groups -OCH3 is 2. The lowest BCUT2D eigenvalue weighted by Gasteiger charge is -2.52. The van der Waals surface area contributed by atoms with Gasteiger partial charge in [0, 0.05) is 59.4 Å². The molecular formula is C69H121O18PSi3. The van der Waals surface area contributed by atoms with Crippen molar-refractivity contribution in [2.75, 3.05) is 34.6 Å². The standard InChI is InChI=1S/C69H121O18PSi3/c1-49(38-36-34-32-30-28-27-29-31-33-35-37-41-70)62(87-91(25,26)66(10,11)12)50(2)51(3)79-60(72)45-54-43-53(80-67(13,14)81-54)39-40-56(85-89(21,22)64(4,5)6)57-44-55(82-68(15,16)83-57)46-69(76-18)47-59(86-90(23,24)65(7,8)9)61(63(73)75-17)58(84-69)42-52(71)48-88(74,77-19)78-20/h27-38,41,49-51,53-59,61-62H,39-40,42-48H2,1-26H3/b29-27+,30-28+,33-31+,34-32+,37-35+,38-36+/t49-,50-,51-,53+,54+,55-,56+,57+,58-,59-,61-,62+,69+/m0/s1. The van der Waals surface area contributed by atoms with Gasteiger partial charge in [0.15, 0.2) is 42.3 Å². The van der Waals surface area contributed by atoms with E-state index >= 15 is 0 Å². The Morgan fingerprint density at radius 3 is 1.63 bits per heavy atom. The summed E-state index contributed by atoms with van der Waals surface area (Å²) in [6.07, 6.45) is 19.8. The van der Waals surface area contributed by atoms with Crippen LogP contribution in [0.4, 0.5) is 0 Å². The molecule has 18 nitrogen and oxygen atoms in total. The Labute approximate surface area is 551 Å². The number of carbonyl (C=O) groups is 4. The fourth-order valence-corrected chi connectivity index (χ4v) is 16.1. The minimum absolute atomic E-state index is 0.00348. The minimum Gasteiger partial charge on any atom is -0.469 e. The molecule has 0 aliphatic carbocycles. The molecule has 0 bridgehead atoms. The number of hydrogen-bond donors (Lipinski definition) is 0. The molecule has 0 saturated carbocycles. The predicted molar refractivity (Wildman–Crippen MR) is 367 cm³/mol. The minimum atomic E-state index is -3.78. The maximum atomic E-state index is 14.1. The second-order valence-electron chi connectivity index (χ2n) is 30.6. The number of esters is 2. The molecule has 0 amide bonds. The molecule has 0 aromatic carbocycles. The summed E-state index contributed by atoms with van der Waals surface area (Å²) in [7, 11) is -5.88. The Morgan fingerprint density at radius 1 is 0.626 bits per heavy atom. The van der Waals surface area contributed by atoms with Crippen LogP contribution in [0.1, 0.15) is 162 Å². The van der Waals surface area contributed by atoms with Crippen LogP contribution < -0.4 is 0 Å². The van der Waals surface area contributed by atoms with Crippen LogP contribution >= 0.6 is 7.60 Å². The molecule has 3 aliphatic heterocycles. The maximum absolute atomic E-state index is 14.1. The monoisotopic (exact) mass is 1350 g/mol. The van der Waals surface area contributed by atoms with Crippen molar-refractivity contribution in [1.29, 1.82) is 0 Å². The highest BCUT2D eigenvalue weighted by atomic mass is 31.2. The third-order valence-electron chi connectivity index (χ3n) is 19.2. The van der Waals surface area contributed by atoms with Crippen LogP contribution in [-0.4, -0.2) is 156 Å². The molecule has 3 heterocycles. The van der Waals surface area contributed by atoms with Gasteiger partial charge in [-0.25, -0.2) is 0 Å². The van der Waals surface area contributed by atoms with Crippen LogP contribution in [-0.2, 0) is 84.0 Å². The second kappa shape index (κ2) is 34.4. The van der Waals surface area contributed by atoms with Crippen molar-refractivity contribution in [3.05, 3.63) is 72.9 Å². The largest absolute Gasteiger partial charge is 0.469 e. The van der Waals surface area contributed by atoms with Gasteiger partial charge in [-0.1, -0.05) is 143 Å². The van der Waals surface area contributed by atoms with Crippen LogP contribution in [0, 0.1) is 17.8 Å². The van der Waals surface area contributed by atoms with Crippen molar-refractivity contribution in [1.82, 2.24) is 0 Å². The van der Waals surface area contributed by atoms with Gasteiger partial charge in [0.1, 0.15) is 30.3 Å². The van der Waals surface area contributed by atoms with Crippen molar-refractivity contribution < 1.29 is 84.0 Å². The van der Waals surface area contributed by atoms with Crippen molar-refractivity contribution in [3.63, 3.8) is 0 Å². The fraction of sp³-hybridized carbons (Fsp3) is 0.768. The topological polar surface area (TPSA) is 205 Å². The summed E-state index contributed by atoms with van der Waals surface area (Å²) in [4.78, 5) is 52.5. The number of ether oxygens (including phenoxy) is 8. The summed E-state index contributed by atoms with van der Waals surface area (Å²) in [6, 6.07) is 0. The Hall–Kier alpha value is -2.84. The summed E-state index contributed by atoms with van der Waals surface area (Å²) in [6.45, 7) is 46.5. The van der Waals surface area contributed by atoms with Crippen LogP contribution in [0.3, 0.4) is 0 Å². The summed E-state index contributed by atoms with van der Waals surface area (Å²) < 4.78 is 97.2. The quantitative estimate of drug-likeness (QED) is 0.0150. The molecule has 13 atom stereocenters. The van der Waals surface area contributed by atoms with E-state index in [1.54, 1.807) is 19.3 Å². The van der Waals surface area contributed by atoms with Gasteiger partial charge in [-0.05, 0) is 114 Å². The zero-order valence-electron chi connectivity index (χ0n) is 60.6. The van der Waals surface area contributed by atoms with Crippen LogP contribution in [0.25, 0.3) is 0 Å². The average Bonchev–Trinajstić information content (AvgIpc) is 0.763. The van der Waals surface area contributed by atoms with E-state index in [9.17, 15) is 23.7 Å². The molecule has 91 heavy (non-hydrogen) atoms. The van der Waals surface area contributed by atoms with E-state index in [1.165, 1.54) is 27.4 Å². The normalized spacial score (nSPS) is 26.8. The molecule has 0 aromatic rings. The van der Waals surface area contributed by atoms with Gasteiger partial charge in [-0.15, -0.1) is 0 Å². The lowest BCUT2D eigenvalue weighted by Crippen LogP contribution is -2.61. The maximum Gasteiger partial charge on any atom is 0.337 e. The Morgan fingerprint density at radius 2 is 1.12 bits per heavy atom. The molecule has 3 rings (SSSR count). The molecule has 22 heteroatoms. The fourth-order valence-electron chi connectivity index (χ4n) is 11.0. The van der Waals surface area contributed by atoms with E-state index in [-0.39, 0.29) is 70.8 Å². The van der Waals surface area contributed by atoms with Gasteiger partial charge in [0.05, 0.1) is 62.4 Å². The van der Waals surface area contributed by atoms with E-state index in [4.69, 9.17) is 60.2 Å². The third kappa shape index (κ3) is 25.6. The molecule has 0 radical (unpaired) electrons. The number of aldehydes is 1. The zero-order valence-corrected chi connectivity index (χ0v) is 64.5. The van der Waals surface area contributed by atoms with Crippen LogP contribution in [0.5, 0.6) is 0 Å². The first-order valence-corrected chi connectivity index (χ1v) is 43.1. The average molecular weight is 1350 g/mol. The lowest BCUT2D eigenvalue weighted by molar-refractivity contribution is -0.346. The second-order valence-corrected chi connectivity index (χ2v) is 47.1. The summed E-state index contributed by atoms with van der Waals surface area (Å²) in [5, 5.41) is -0.463. The van der Waals surface area contributed by atoms with Gasteiger partial charge in [-0.2, -0.15) is 0 Å². The number of ketones is 1. The number of carbonyl (C=O) groups excluding carboxylic acids is 4. The van der Waals surface area contributed by atoms with Gasteiger partial charge in [0.2, 0.25) is 0 Å². The lowest BCUT2D eigenvalue weighted by atomic mass is 9.82. The molecule has 0 spiro atoms. The van der Waals surface area contributed by atoms with Crippen molar-refractivity contribution in [2.45, 2.75) is 289 Å². The Bertz CT molecular complexity index is 2560.